The lowest BCUT2D eigenvalue weighted by atomic mass is 10.2. The van der Waals surface area contributed by atoms with Crippen LogP contribution in [0.4, 0.5) is 0 Å². The first-order valence-corrected chi connectivity index (χ1v) is 7.38. The van der Waals surface area contributed by atoms with Crippen molar-refractivity contribution in [3.05, 3.63) is 53.3 Å². The first-order valence-electron chi connectivity index (χ1n) is 7.38. The van der Waals surface area contributed by atoms with Crippen molar-refractivity contribution in [3.8, 4) is 5.75 Å². The molecule has 0 unspecified atom stereocenters. The lowest BCUT2D eigenvalue weighted by Crippen LogP contribution is -2.17. The van der Waals surface area contributed by atoms with Crippen molar-refractivity contribution in [2.75, 3.05) is 13.2 Å². The Kier molecular flexibility index (Phi) is 5.41. The number of esters is 2. The molecule has 0 radical (unpaired) electrons. The van der Waals surface area contributed by atoms with Crippen molar-refractivity contribution in [3.63, 3.8) is 0 Å². The van der Waals surface area contributed by atoms with Crippen LogP contribution in [-0.2, 0) is 16.0 Å². The van der Waals surface area contributed by atoms with Crippen LogP contribution in [0.2, 0.25) is 0 Å². The van der Waals surface area contributed by atoms with E-state index in [1.165, 1.54) is 10.8 Å². The van der Waals surface area contributed by atoms with Crippen LogP contribution >= 0.6 is 0 Å². The number of nitrogens with zero attached hydrogens (tertiary/aromatic N) is 1. The molecule has 1 aromatic heterocycles. The maximum atomic E-state index is 12.2. The van der Waals surface area contributed by atoms with Gasteiger partial charge in [0.2, 0.25) is 0 Å². The lowest BCUT2D eigenvalue weighted by Gasteiger charge is -2.10. The molecule has 0 amide bonds. The fourth-order valence-electron chi connectivity index (χ4n) is 2.27. The van der Waals surface area contributed by atoms with E-state index in [2.05, 4.69) is 0 Å². The van der Waals surface area contributed by atoms with Gasteiger partial charge in [-0.2, -0.15) is 0 Å². The van der Waals surface area contributed by atoms with Crippen molar-refractivity contribution >= 4 is 11.9 Å². The van der Waals surface area contributed by atoms with Crippen molar-refractivity contribution in [2.45, 2.75) is 20.4 Å². The smallest absolute Gasteiger partial charge is 0.356 e. The summed E-state index contributed by atoms with van der Waals surface area (Å²) in [6, 6.07) is 9.39. The third kappa shape index (κ3) is 3.71. The Balaban J connectivity index is 2.47. The van der Waals surface area contributed by atoms with Crippen LogP contribution in [0.5, 0.6) is 5.75 Å². The highest BCUT2D eigenvalue weighted by molar-refractivity contribution is 6.04. The van der Waals surface area contributed by atoms with Crippen molar-refractivity contribution in [2.24, 2.45) is 0 Å². The highest BCUT2D eigenvalue weighted by Gasteiger charge is 2.28. The summed E-state index contributed by atoms with van der Waals surface area (Å²) in [7, 11) is 0. The normalized spacial score (nSPS) is 10.3. The molecule has 0 fully saturated rings. The Bertz CT molecular complexity index is 691. The third-order valence-corrected chi connectivity index (χ3v) is 3.20. The first-order chi connectivity index (χ1) is 11.1. The van der Waals surface area contributed by atoms with Crippen molar-refractivity contribution in [1.29, 1.82) is 0 Å². The second-order valence-electron chi connectivity index (χ2n) is 4.79. The van der Waals surface area contributed by atoms with Crippen LogP contribution in [0.1, 0.15) is 40.3 Å². The molecule has 0 aliphatic carbocycles. The maximum absolute atomic E-state index is 12.2. The zero-order chi connectivity index (χ0) is 16.8. The number of benzene rings is 1. The molecule has 0 bridgehead atoms. The molecule has 2 aromatic rings. The van der Waals surface area contributed by atoms with Gasteiger partial charge in [-0.05, 0) is 19.4 Å². The van der Waals surface area contributed by atoms with E-state index in [1.807, 2.05) is 30.3 Å². The standard InChI is InChI=1S/C17H19NO5/c1-3-22-16(20)14-13(19)11-18(15(14)17(21)23-4-2)10-12-8-6-5-7-9-12/h5-9,11,19H,3-4,10H2,1-2H3. The molecule has 0 aliphatic rings. The molecule has 0 atom stereocenters. The summed E-state index contributed by atoms with van der Waals surface area (Å²) in [5.41, 5.74) is 0.747. The molecule has 1 aromatic carbocycles. The predicted molar refractivity (Wildman–Crippen MR) is 83.6 cm³/mol. The molecule has 1 N–H and O–H groups in total. The SMILES string of the molecule is CCOC(=O)c1c(O)cn(Cc2ccccc2)c1C(=O)OCC. The summed E-state index contributed by atoms with van der Waals surface area (Å²) >= 11 is 0. The molecular weight excluding hydrogens is 298 g/mol. The second-order valence-corrected chi connectivity index (χ2v) is 4.79. The van der Waals surface area contributed by atoms with Crippen LogP contribution in [0, 0.1) is 0 Å². The minimum atomic E-state index is -0.750. The van der Waals surface area contributed by atoms with Gasteiger partial charge >= 0.3 is 11.9 Å². The number of aromatic hydroxyl groups is 1. The van der Waals surface area contributed by atoms with E-state index >= 15 is 0 Å². The Hall–Kier alpha value is -2.76. The molecular formula is C17H19NO5. The number of hydrogen-bond donors (Lipinski definition) is 1. The Morgan fingerprint density at radius 3 is 2.26 bits per heavy atom. The lowest BCUT2D eigenvalue weighted by molar-refractivity contribution is 0.0469. The summed E-state index contributed by atoms with van der Waals surface area (Å²) in [6.07, 6.45) is 1.34. The first kappa shape index (κ1) is 16.6. The molecule has 6 nitrogen and oxygen atoms in total. The number of hydrogen-bond acceptors (Lipinski definition) is 5. The summed E-state index contributed by atoms with van der Waals surface area (Å²) in [5.74, 6) is -1.73. The van der Waals surface area contributed by atoms with Crippen LogP contribution in [0.25, 0.3) is 0 Å². The number of carbonyl (C=O) groups excluding carboxylic acids is 2. The number of carbonyl (C=O) groups is 2. The maximum Gasteiger partial charge on any atom is 0.356 e. The van der Waals surface area contributed by atoms with Gasteiger partial charge in [0.25, 0.3) is 0 Å². The highest BCUT2D eigenvalue weighted by Crippen LogP contribution is 2.26. The molecule has 0 spiro atoms. The Morgan fingerprint density at radius 2 is 1.65 bits per heavy atom. The molecule has 2 rings (SSSR count). The molecule has 122 valence electrons. The average molecular weight is 317 g/mol. The fraction of sp³-hybridized carbons (Fsp3) is 0.294. The van der Waals surface area contributed by atoms with E-state index in [0.29, 0.717) is 6.54 Å². The van der Waals surface area contributed by atoms with Crippen LogP contribution in [0.15, 0.2) is 36.5 Å². The third-order valence-electron chi connectivity index (χ3n) is 3.20. The van der Waals surface area contributed by atoms with Crippen molar-refractivity contribution in [1.82, 2.24) is 4.57 Å². The molecule has 0 aliphatic heterocycles. The molecule has 0 saturated heterocycles. The minimum absolute atomic E-state index is 0.00773. The monoisotopic (exact) mass is 317 g/mol. The van der Waals surface area contributed by atoms with Gasteiger partial charge in [0, 0.05) is 12.7 Å². The summed E-state index contributed by atoms with van der Waals surface area (Å²) < 4.78 is 11.4. The zero-order valence-electron chi connectivity index (χ0n) is 13.1. The van der Waals surface area contributed by atoms with Crippen LogP contribution < -0.4 is 0 Å². The Labute approximate surface area is 134 Å². The van der Waals surface area contributed by atoms with E-state index in [4.69, 9.17) is 9.47 Å². The average Bonchev–Trinajstić information content (AvgIpc) is 2.85. The van der Waals surface area contributed by atoms with Gasteiger partial charge in [0.05, 0.1) is 13.2 Å². The van der Waals surface area contributed by atoms with Gasteiger partial charge in [-0.15, -0.1) is 0 Å². The van der Waals surface area contributed by atoms with Gasteiger partial charge in [0.1, 0.15) is 17.0 Å². The van der Waals surface area contributed by atoms with Gasteiger partial charge in [0.15, 0.2) is 0 Å². The summed E-state index contributed by atoms with van der Waals surface area (Å²) in [4.78, 5) is 24.3. The molecule has 23 heavy (non-hydrogen) atoms. The largest absolute Gasteiger partial charge is 0.505 e. The topological polar surface area (TPSA) is 77.8 Å². The molecule has 1 heterocycles. The zero-order valence-corrected chi connectivity index (χ0v) is 13.1. The van der Waals surface area contributed by atoms with Gasteiger partial charge in [-0.3, -0.25) is 0 Å². The summed E-state index contributed by atoms with van der Waals surface area (Å²) in [6.45, 7) is 3.96. The quantitative estimate of drug-likeness (QED) is 0.829. The van der Waals surface area contributed by atoms with Crippen molar-refractivity contribution < 1.29 is 24.2 Å². The highest BCUT2D eigenvalue weighted by atomic mass is 16.5. The van der Waals surface area contributed by atoms with E-state index in [0.717, 1.165) is 5.56 Å². The van der Waals surface area contributed by atoms with Crippen LogP contribution in [-0.4, -0.2) is 34.8 Å². The van der Waals surface area contributed by atoms with E-state index in [9.17, 15) is 14.7 Å². The minimum Gasteiger partial charge on any atom is -0.505 e. The van der Waals surface area contributed by atoms with Crippen LogP contribution in [0.3, 0.4) is 0 Å². The number of aromatic nitrogens is 1. The number of ether oxygens (including phenoxy) is 2. The summed E-state index contributed by atoms with van der Waals surface area (Å²) in [5, 5.41) is 10.1. The fourth-order valence-corrected chi connectivity index (χ4v) is 2.27. The predicted octanol–water partition coefficient (Wildman–Crippen LogP) is 2.60. The number of rotatable bonds is 6. The Morgan fingerprint density at radius 1 is 1.04 bits per heavy atom. The molecule has 0 saturated carbocycles. The van der Waals surface area contributed by atoms with E-state index in [-0.39, 0.29) is 30.2 Å². The molecule has 6 heteroatoms. The second kappa shape index (κ2) is 7.49. The van der Waals surface area contributed by atoms with E-state index in [1.54, 1.807) is 13.8 Å². The van der Waals surface area contributed by atoms with Gasteiger partial charge in [-0.25, -0.2) is 9.59 Å². The van der Waals surface area contributed by atoms with E-state index < -0.39 is 11.9 Å². The van der Waals surface area contributed by atoms with Gasteiger partial charge in [-0.1, -0.05) is 30.3 Å². The van der Waals surface area contributed by atoms with Gasteiger partial charge < -0.3 is 19.1 Å².